The van der Waals surface area contributed by atoms with Gasteiger partial charge in [0.05, 0.1) is 18.8 Å². The number of hydrogen-bond acceptors (Lipinski definition) is 6. The van der Waals surface area contributed by atoms with Gasteiger partial charge in [-0.3, -0.25) is 4.79 Å². The van der Waals surface area contributed by atoms with E-state index in [1.807, 2.05) is 16.8 Å². The summed E-state index contributed by atoms with van der Waals surface area (Å²) in [6, 6.07) is 13.0. The summed E-state index contributed by atoms with van der Waals surface area (Å²) in [6.07, 6.45) is 1.68. The molecule has 3 aromatic rings. The van der Waals surface area contributed by atoms with Gasteiger partial charge < -0.3 is 15.5 Å². The van der Waals surface area contributed by atoms with Crippen LogP contribution in [0.15, 0.2) is 53.7 Å². The smallest absolute Gasteiger partial charge is 0.240 e. The minimum atomic E-state index is -0.549. The van der Waals surface area contributed by atoms with E-state index in [2.05, 4.69) is 27.9 Å². The zero-order chi connectivity index (χ0) is 21.1. The van der Waals surface area contributed by atoms with Gasteiger partial charge >= 0.3 is 0 Å². The fourth-order valence-corrected chi connectivity index (χ4v) is 4.45. The maximum Gasteiger partial charge on any atom is 0.240 e. The molecule has 2 heterocycles. The third-order valence-electron chi connectivity index (χ3n) is 4.83. The molecule has 1 amide bonds. The maximum atomic E-state index is 13.5. The van der Waals surface area contributed by atoms with E-state index >= 15 is 0 Å². The molecule has 9 heteroatoms. The highest BCUT2D eigenvalue weighted by Crippen LogP contribution is 2.38. The number of anilines is 1. The molecule has 7 nitrogen and oxygen atoms in total. The largest absolute Gasteiger partial charge is 0.495 e. The van der Waals surface area contributed by atoms with Gasteiger partial charge in [-0.1, -0.05) is 43.0 Å². The van der Waals surface area contributed by atoms with Crippen LogP contribution in [0.3, 0.4) is 0 Å². The summed E-state index contributed by atoms with van der Waals surface area (Å²) in [5, 5.41) is 11.5. The normalized spacial score (nSPS) is 17.7. The Kier molecular flexibility index (Phi) is 5.89. The quantitative estimate of drug-likeness (QED) is 0.623. The molecule has 0 unspecified atom stereocenters. The molecule has 4 rings (SSSR count). The highest BCUT2D eigenvalue weighted by Gasteiger charge is 2.38. The van der Waals surface area contributed by atoms with Crippen molar-refractivity contribution in [2.24, 2.45) is 0 Å². The number of thioether (sulfide) groups is 1. The van der Waals surface area contributed by atoms with Gasteiger partial charge in [-0.2, -0.15) is 0 Å². The van der Waals surface area contributed by atoms with Crippen LogP contribution in [0, 0.1) is 5.82 Å². The third-order valence-corrected chi connectivity index (χ3v) is 6.04. The van der Waals surface area contributed by atoms with Gasteiger partial charge in [0.15, 0.2) is 5.82 Å². The van der Waals surface area contributed by atoms with E-state index in [1.165, 1.54) is 23.9 Å². The van der Waals surface area contributed by atoms with E-state index in [4.69, 9.17) is 4.74 Å². The topological polar surface area (TPSA) is 81.1 Å². The molecule has 0 aliphatic carbocycles. The Morgan fingerprint density at radius 1 is 1.23 bits per heavy atom. The Hall–Kier alpha value is -3.07. The summed E-state index contributed by atoms with van der Waals surface area (Å²) >= 11 is 1.33. The number of carbonyl (C=O) groups excluding carboxylic acids is 1. The van der Waals surface area contributed by atoms with E-state index in [1.54, 1.807) is 31.4 Å². The number of halogens is 1. The molecule has 156 valence electrons. The van der Waals surface area contributed by atoms with Crippen LogP contribution in [-0.2, 0) is 11.2 Å². The van der Waals surface area contributed by atoms with Gasteiger partial charge in [0.25, 0.3) is 0 Å². The number of nitrogens with one attached hydrogen (secondary N) is 2. The summed E-state index contributed by atoms with van der Waals surface area (Å²) < 4.78 is 20.7. The second-order valence-corrected chi connectivity index (χ2v) is 7.98. The maximum absolute atomic E-state index is 13.5. The van der Waals surface area contributed by atoms with Gasteiger partial charge in [-0.15, -0.1) is 10.2 Å². The van der Waals surface area contributed by atoms with Crippen LogP contribution < -0.4 is 15.5 Å². The predicted octanol–water partition coefficient (Wildman–Crippen LogP) is 3.78. The monoisotopic (exact) mass is 427 g/mol. The number of aryl methyl sites for hydroxylation is 1. The lowest BCUT2D eigenvalue weighted by Crippen LogP contribution is -2.41. The SMILES string of the molecule is CCCc1nnc2n1N[C@@H](c1ccc(F)cc1)[C@@H](C(=O)Nc1ccccc1OC)S2. The van der Waals surface area contributed by atoms with Crippen LogP contribution in [0.2, 0.25) is 0 Å². The second kappa shape index (κ2) is 8.74. The molecule has 2 N–H and O–H groups in total. The van der Waals surface area contributed by atoms with E-state index < -0.39 is 11.3 Å². The summed E-state index contributed by atoms with van der Waals surface area (Å²) in [4.78, 5) is 13.3. The van der Waals surface area contributed by atoms with Crippen LogP contribution in [0.5, 0.6) is 5.75 Å². The summed E-state index contributed by atoms with van der Waals surface area (Å²) in [5.74, 6) is 0.841. The average molecular weight is 428 g/mol. The number of ether oxygens (including phenoxy) is 1. The Bertz CT molecular complexity index is 1040. The first-order valence-electron chi connectivity index (χ1n) is 9.67. The van der Waals surface area contributed by atoms with E-state index in [0.717, 1.165) is 24.2 Å². The number of rotatable bonds is 6. The van der Waals surface area contributed by atoms with E-state index in [-0.39, 0.29) is 11.7 Å². The fourth-order valence-electron chi connectivity index (χ4n) is 3.36. The highest BCUT2D eigenvalue weighted by molar-refractivity contribution is 8.00. The summed E-state index contributed by atoms with van der Waals surface area (Å²) in [6.45, 7) is 2.07. The van der Waals surface area contributed by atoms with Gasteiger partial charge in [0, 0.05) is 6.42 Å². The standard InChI is InChI=1S/C21H22FN5O2S/c1-3-6-17-24-25-21-27(17)26-18(13-9-11-14(22)12-10-13)19(30-21)20(28)23-15-7-4-5-8-16(15)29-2/h4-5,7-12,18-19,26H,3,6H2,1-2H3,(H,23,28)/t18-,19-/m0/s1. The van der Waals surface area contributed by atoms with E-state index in [9.17, 15) is 9.18 Å². The fraction of sp³-hybridized carbons (Fsp3) is 0.286. The van der Waals surface area contributed by atoms with Crippen molar-refractivity contribution in [2.45, 2.75) is 36.2 Å². The average Bonchev–Trinajstić information content (AvgIpc) is 3.16. The number of fused-ring (bicyclic) bond motifs is 1. The van der Waals surface area contributed by atoms with Gasteiger partial charge in [-0.25, -0.2) is 9.07 Å². The van der Waals surface area contributed by atoms with Crippen molar-refractivity contribution in [3.05, 3.63) is 65.7 Å². The zero-order valence-electron chi connectivity index (χ0n) is 16.6. The van der Waals surface area contributed by atoms with Gasteiger partial charge in [0.2, 0.25) is 11.1 Å². The minimum Gasteiger partial charge on any atom is -0.495 e. The lowest BCUT2D eigenvalue weighted by atomic mass is 10.0. The molecule has 0 bridgehead atoms. The number of hydrogen-bond donors (Lipinski definition) is 2. The number of amides is 1. The van der Waals surface area contributed by atoms with Crippen LogP contribution in [0.25, 0.3) is 0 Å². The molecular formula is C21H22FN5O2S. The van der Waals surface area contributed by atoms with Gasteiger partial charge in [0.1, 0.15) is 16.8 Å². The van der Waals surface area contributed by atoms with Crippen molar-refractivity contribution in [3.63, 3.8) is 0 Å². The van der Waals surface area contributed by atoms with Crippen molar-refractivity contribution >= 4 is 23.4 Å². The first-order valence-corrected chi connectivity index (χ1v) is 10.6. The molecule has 0 saturated heterocycles. The molecule has 1 aliphatic rings. The van der Waals surface area contributed by atoms with Crippen molar-refractivity contribution in [1.29, 1.82) is 0 Å². The highest BCUT2D eigenvalue weighted by atomic mass is 32.2. The predicted molar refractivity (Wildman–Crippen MR) is 114 cm³/mol. The van der Waals surface area contributed by atoms with Crippen molar-refractivity contribution in [3.8, 4) is 5.75 Å². The number of para-hydroxylation sites is 2. The van der Waals surface area contributed by atoms with E-state index in [0.29, 0.717) is 16.6 Å². The first kappa shape index (κ1) is 20.2. The Balaban J connectivity index is 1.67. The number of nitrogens with zero attached hydrogens (tertiary/aromatic N) is 3. The molecule has 2 aromatic carbocycles. The number of aromatic nitrogens is 3. The second-order valence-electron chi connectivity index (χ2n) is 6.87. The number of methoxy groups -OCH3 is 1. The third kappa shape index (κ3) is 3.97. The molecule has 0 spiro atoms. The van der Waals surface area contributed by atoms with Crippen molar-refractivity contribution in [2.75, 3.05) is 17.9 Å². The molecule has 2 atom stereocenters. The molecule has 1 aliphatic heterocycles. The minimum absolute atomic E-state index is 0.211. The summed E-state index contributed by atoms with van der Waals surface area (Å²) in [7, 11) is 1.56. The van der Waals surface area contributed by atoms with Crippen LogP contribution in [-0.4, -0.2) is 33.1 Å². The lowest BCUT2D eigenvalue weighted by Gasteiger charge is -2.33. The molecule has 30 heavy (non-hydrogen) atoms. The lowest BCUT2D eigenvalue weighted by molar-refractivity contribution is -0.116. The van der Waals surface area contributed by atoms with Crippen molar-refractivity contribution < 1.29 is 13.9 Å². The Morgan fingerprint density at radius 2 is 2.00 bits per heavy atom. The molecule has 0 fully saturated rings. The number of benzene rings is 2. The molecular weight excluding hydrogens is 405 g/mol. The van der Waals surface area contributed by atoms with Crippen molar-refractivity contribution in [1.82, 2.24) is 14.9 Å². The Labute approximate surface area is 178 Å². The molecule has 0 radical (unpaired) electrons. The zero-order valence-corrected chi connectivity index (χ0v) is 17.4. The first-order chi connectivity index (χ1) is 14.6. The van der Waals surface area contributed by atoms with Gasteiger partial charge in [-0.05, 0) is 36.2 Å². The Morgan fingerprint density at radius 3 is 2.73 bits per heavy atom. The summed E-state index contributed by atoms with van der Waals surface area (Å²) in [5.41, 5.74) is 4.75. The van der Waals surface area contributed by atoms with Crippen LogP contribution in [0.4, 0.5) is 10.1 Å². The molecule has 1 aromatic heterocycles. The number of carbonyl (C=O) groups is 1. The van der Waals surface area contributed by atoms with Crippen LogP contribution >= 0.6 is 11.8 Å². The van der Waals surface area contributed by atoms with Crippen LogP contribution in [0.1, 0.15) is 30.8 Å². The molecule has 0 saturated carbocycles.